The van der Waals surface area contributed by atoms with Gasteiger partial charge in [-0.2, -0.15) is 5.26 Å². The second kappa shape index (κ2) is 10.4. The van der Waals surface area contributed by atoms with Gasteiger partial charge in [0.15, 0.2) is 0 Å². The van der Waals surface area contributed by atoms with Crippen LogP contribution in [0.2, 0.25) is 0 Å². The number of anilines is 3. The minimum atomic E-state index is -0.125. The Bertz CT molecular complexity index is 1080. The Morgan fingerprint density at radius 3 is 2.35 bits per heavy atom. The van der Waals surface area contributed by atoms with Gasteiger partial charge in [0.1, 0.15) is 0 Å². The van der Waals surface area contributed by atoms with E-state index in [-0.39, 0.29) is 5.91 Å². The molecule has 0 aliphatic carbocycles. The molecule has 0 radical (unpaired) electrons. The number of carbonyl (C=O) groups is 1. The first-order valence-electron chi connectivity index (χ1n) is 10.5. The number of amides is 1. The molecule has 0 heterocycles. The molecule has 31 heavy (non-hydrogen) atoms. The van der Waals surface area contributed by atoms with Crippen molar-refractivity contribution in [3.63, 3.8) is 0 Å². The van der Waals surface area contributed by atoms with Crippen LogP contribution < -0.4 is 10.6 Å². The maximum atomic E-state index is 12.9. The van der Waals surface area contributed by atoms with E-state index in [0.717, 1.165) is 47.8 Å². The highest BCUT2D eigenvalue weighted by atomic mass is 16.1. The second-order valence-corrected chi connectivity index (χ2v) is 7.46. The molecule has 0 fully saturated rings. The van der Waals surface area contributed by atoms with Crippen LogP contribution in [0.15, 0.2) is 66.7 Å². The van der Waals surface area contributed by atoms with Crippen molar-refractivity contribution in [1.82, 2.24) is 4.90 Å². The van der Waals surface area contributed by atoms with Gasteiger partial charge in [0.2, 0.25) is 0 Å². The first-order chi connectivity index (χ1) is 15.0. The zero-order chi connectivity index (χ0) is 22.2. The Hall–Kier alpha value is -3.62. The smallest absolute Gasteiger partial charge is 0.255 e. The lowest BCUT2D eigenvalue weighted by Gasteiger charge is -2.18. The zero-order valence-electron chi connectivity index (χ0n) is 18.3. The quantitative estimate of drug-likeness (QED) is 0.498. The fourth-order valence-electron chi connectivity index (χ4n) is 3.34. The average Bonchev–Trinajstić information content (AvgIpc) is 2.80. The van der Waals surface area contributed by atoms with Crippen LogP contribution >= 0.6 is 0 Å². The van der Waals surface area contributed by atoms with E-state index in [4.69, 9.17) is 5.26 Å². The lowest BCUT2D eigenvalue weighted by molar-refractivity contribution is 0.102. The van der Waals surface area contributed by atoms with E-state index in [1.54, 1.807) is 12.1 Å². The van der Waals surface area contributed by atoms with Crippen LogP contribution in [0.4, 0.5) is 17.1 Å². The molecule has 0 unspecified atom stereocenters. The summed E-state index contributed by atoms with van der Waals surface area (Å²) < 4.78 is 0. The number of hydrogen-bond donors (Lipinski definition) is 2. The normalized spacial score (nSPS) is 10.5. The van der Waals surface area contributed by atoms with E-state index >= 15 is 0 Å². The Morgan fingerprint density at radius 1 is 0.968 bits per heavy atom. The van der Waals surface area contributed by atoms with Crippen LogP contribution in [0.1, 0.15) is 40.9 Å². The van der Waals surface area contributed by atoms with Crippen molar-refractivity contribution < 1.29 is 4.79 Å². The van der Waals surface area contributed by atoms with Crippen molar-refractivity contribution in [2.75, 3.05) is 23.7 Å². The van der Waals surface area contributed by atoms with Gasteiger partial charge >= 0.3 is 0 Å². The summed E-state index contributed by atoms with van der Waals surface area (Å²) in [6, 6.07) is 23.0. The summed E-state index contributed by atoms with van der Waals surface area (Å²) in [6.45, 7) is 9.04. The Morgan fingerprint density at radius 2 is 1.68 bits per heavy atom. The van der Waals surface area contributed by atoms with Crippen LogP contribution in [0, 0.1) is 18.3 Å². The van der Waals surface area contributed by atoms with Gasteiger partial charge in [-0.25, -0.2) is 0 Å². The molecule has 5 heteroatoms. The molecule has 0 saturated heterocycles. The van der Waals surface area contributed by atoms with E-state index in [1.807, 2.05) is 55.5 Å². The zero-order valence-corrected chi connectivity index (χ0v) is 18.3. The van der Waals surface area contributed by atoms with Gasteiger partial charge < -0.3 is 10.6 Å². The summed E-state index contributed by atoms with van der Waals surface area (Å²) >= 11 is 0. The molecular formula is C26H28N4O. The van der Waals surface area contributed by atoms with Crippen LogP contribution in [0.25, 0.3) is 0 Å². The van der Waals surface area contributed by atoms with Crippen molar-refractivity contribution >= 4 is 23.0 Å². The van der Waals surface area contributed by atoms with Gasteiger partial charge in [0.05, 0.1) is 11.6 Å². The third-order valence-electron chi connectivity index (χ3n) is 5.28. The van der Waals surface area contributed by atoms with Crippen LogP contribution in [0.3, 0.4) is 0 Å². The minimum absolute atomic E-state index is 0.125. The SMILES string of the molecule is CCN(CC)Cc1cccc(C(=O)Nc2cc(Nc3ccc(C#N)cc3)ccc2C)c1. The molecule has 0 bridgehead atoms. The summed E-state index contributed by atoms with van der Waals surface area (Å²) in [5, 5.41) is 15.3. The highest BCUT2D eigenvalue weighted by Gasteiger charge is 2.10. The van der Waals surface area contributed by atoms with Crippen molar-refractivity contribution in [2.45, 2.75) is 27.3 Å². The molecule has 3 aromatic rings. The van der Waals surface area contributed by atoms with E-state index in [1.165, 1.54) is 0 Å². The number of hydrogen-bond acceptors (Lipinski definition) is 4. The molecule has 1 amide bonds. The largest absolute Gasteiger partial charge is 0.355 e. The molecule has 0 saturated carbocycles. The molecular weight excluding hydrogens is 384 g/mol. The van der Waals surface area contributed by atoms with Gasteiger partial charge in [-0.3, -0.25) is 9.69 Å². The van der Waals surface area contributed by atoms with Gasteiger partial charge in [-0.1, -0.05) is 32.0 Å². The number of rotatable bonds is 8. The molecule has 0 aromatic heterocycles. The summed E-state index contributed by atoms with van der Waals surface area (Å²) in [6.07, 6.45) is 0. The molecule has 0 aliphatic heterocycles. The topological polar surface area (TPSA) is 68.2 Å². The lowest BCUT2D eigenvalue weighted by Crippen LogP contribution is -2.22. The summed E-state index contributed by atoms with van der Waals surface area (Å²) in [4.78, 5) is 15.2. The molecule has 5 nitrogen and oxygen atoms in total. The number of nitrogens with zero attached hydrogens (tertiary/aromatic N) is 2. The van der Waals surface area contributed by atoms with E-state index in [9.17, 15) is 4.79 Å². The highest BCUT2D eigenvalue weighted by Crippen LogP contribution is 2.24. The Balaban J connectivity index is 1.74. The fraction of sp³-hybridized carbons (Fsp3) is 0.231. The Labute approximate surface area is 184 Å². The number of aryl methyl sites for hydroxylation is 1. The predicted molar refractivity (Wildman–Crippen MR) is 127 cm³/mol. The van der Waals surface area contributed by atoms with Crippen molar-refractivity contribution in [1.29, 1.82) is 5.26 Å². The third kappa shape index (κ3) is 5.94. The van der Waals surface area contributed by atoms with Gasteiger partial charge in [0, 0.05) is 29.2 Å². The summed E-state index contributed by atoms with van der Waals surface area (Å²) in [5.74, 6) is -0.125. The third-order valence-corrected chi connectivity index (χ3v) is 5.28. The molecule has 0 spiro atoms. The predicted octanol–water partition coefficient (Wildman–Crippen LogP) is 5.70. The molecule has 3 rings (SSSR count). The second-order valence-electron chi connectivity index (χ2n) is 7.46. The average molecular weight is 413 g/mol. The van der Waals surface area contributed by atoms with Crippen LogP contribution in [0.5, 0.6) is 0 Å². The summed E-state index contributed by atoms with van der Waals surface area (Å²) in [5.41, 5.74) is 5.88. The molecule has 2 N–H and O–H groups in total. The molecule has 0 aliphatic rings. The number of benzene rings is 3. The van der Waals surface area contributed by atoms with Crippen molar-refractivity contribution in [3.05, 3.63) is 89.0 Å². The maximum Gasteiger partial charge on any atom is 0.255 e. The van der Waals surface area contributed by atoms with Crippen molar-refractivity contribution in [3.8, 4) is 6.07 Å². The fourth-order valence-corrected chi connectivity index (χ4v) is 3.34. The number of carbonyl (C=O) groups excluding carboxylic acids is 1. The van der Waals surface area contributed by atoms with E-state index in [0.29, 0.717) is 11.1 Å². The van der Waals surface area contributed by atoms with Gasteiger partial charge in [0.25, 0.3) is 5.91 Å². The van der Waals surface area contributed by atoms with Gasteiger partial charge in [-0.05, 0) is 79.7 Å². The van der Waals surface area contributed by atoms with E-state index in [2.05, 4.69) is 41.5 Å². The van der Waals surface area contributed by atoms with E-state index < -0.39 is 0 Å². The van der Waals surface area contributed by atoms with Gasteiger partial charge in [-0.15, -0.1) is 0 Å². The first kappa shape index (κ1) is 22.1. The van der Waals surface area contributed by atoms with Crippen LogP contribution in [-0.4, -0.2) is 23.9 Å². The number of nitriles is 1. The molecule has 158 valence electrons. The monoisotopic (exact) mass is 412 g/mol. The minimum Gasteiger partial charge on any atom is -0.355 e. The maximum absolute atomic E-state index is 12.9. The Kier molecular flexibility index (Phi) is 7.42. The van der Waals surface area contributed by atoms with Crippen LogP contribution in [-0.2, 0) is 6.54 Å². The first-order valence-corrected chi connectivity index (χ1v) is 10.5. The number of nitrogens with one attached hydrogen (secondary N) is 2. The van der Waals surface area contributed by atoms with Crippen molar-refractivity contribution in [2.24, 2.45) is 0 Å². The standard InChI is InChI=1S/C26H28N4O/c1-4-30(5-2)18-21-7-6-8-22(15-21)26(31)29-25-16-24(12-9-19(25)3)28-23-13-10-20(17-27)11-14-23/h6-16,28H,4-5,18H2,1-3H3,(H,29,31). The molecule has 0 atom stereocenters. The highest BCUT2D eigenvalue weighted by molar-refractivity contribution is 6.05. The lowest BCUT2D eigenvalue weighted by atomic mass is 10.1. The summed E-state index contributed by atoms with van der Waals surface area (Å²) in [7, 11) is 0. The molecule has 3 aromatic carbocycles.